The first-order valence-electron chi connectivity index (χ1n) is 44.1. The quantitative estimate of drug-likeness (QED) is 0.00722. The van der Waals surface area contributed by atoms with E-state index in [2.05, 4.69) is 33.1 Å². The van der Waals surface area contributed by atoms with Crippen LogP contribution in [0.3, 0.4) is 0 Å². The van der Waals surface area contributed by atoms with E-state index in [1.54, 1.807) is 18.2 Å². The summed E-state index contributed by atoms with van der Waals surface area (Å²) >= 11 is 0. The van der Waals surface area contributed by atoms with Crippen LogP contribution in [-0.4, -0.2) is 268 Å². The Labute approximate surface area is 760 Å². The van der Waals surface area contributed by atoms with Crippen LogP contribution < -0.4 is 32.2 Å². The van der Waals surface area contributed by atoms with Crippen LogP contribution in [0.4, 0.5) is 11.4 Å². The lowest BCUT2D eigenvalue weighted by Crippen LogP contribution is -2.30. The Morgan fingerprint density at radius 2 is 0.605 bits per heavy atom. The third-order valence-electron chi connectivity index (χ3n) is 18.8. The van der Waals surface area contributed by atoms with Crippen LogP contribution in [0.1, 0.15) is 207 Å². The smallest absolute Gasteiger partial charge is 0.423 e. The zero-order chi connectivity index (χ0) is 94.1. The Balaban J connectivity index is 0.000000675. The maximum absolute atomic E-state index is 12.8. The minimum Gasteiger partial charge on any atom is -0.423 e. The third kappa shape index (κ3) is 60.8. The van der Waals surface area contributed by atoms with Gasteiger partial charge in [-0.1, -0.05) is 48.9 Å². The highest BCUT2D eigenvalue weighted by Gasteiger charge is 2.22. The van der Waals surface area contributed by atoms with E-state index in [0.717, 1.165) is 51.4 Å². The average Bonchev–Trinajstić information content (AvgIpc) is 0.831. The third-order valence-corrected chi connectivity index (χ3v) is 21.4. The van der Waals surface area contributed by atoms with Gasteiger partial charge in [-0.3, -0.25) is 56.3 Å². The van der Waals surface area contributed by atoms with Gasteiger partial charge in [0.25, 0.3) is 26.1 Å². The number of terminal acetylenes is 2. The molecule has 0 aromatic heterocycles. The number of benzene rings is 4. The molecular formula is C91H132B2N4O30S2. The molecule has 8 N–H and O–H groups in total. The monoisotopic (exact) mass is 1850 g/mol. The van der Waals surface area contributed by atoms with Gasteiger partial charge < -0.3 is 88.7 Å². The minimum atomic E-state index is -4.19. The van der Waals surface area contributed by atoms with Gasteiger partial charge >= 0.3 is 14.2 Å². The van der Waals surface area contributed by atoms with E-state index in [4.69, 9.17) is 68.6 Å². The van der Waals surface area contributed by atoms with Crippen molar-refractivity contribution in [3.63, 3.8) is 0 Å². The summed E-state index contributed by atoms with van der Waals surface area (Å²) in [5, 5.41) is 47.8. The molecule has 0 spiro atoms. The first-order valence-corrected chi connectivity index (χ1v) is 47.0. The van der Waals surface area contributed by atoms with E-state index >= 15 is 0 Å². The summed E-state index contributed by atoms with van der Waals surface area (Å²) in [6.45, 7) is 7.03. The van der Waals surface area contributed by atoms with Crippen molar-refractivity contribution in [3.8, 4) is 24.7 Å². The number of amides is 4. The highest BCUT2D eigenvalue weighted by molar-refractivity contribution is 7.87. The molecule has 0 unspecified atom stereocenters. The van der Waals surface area contributed by atoms with E-state index in [1.165, 1.54) is 78.9 Å². The summed E-state index contributed by atoms with van der Waals surface area (Å²) in [6.07, 6.45) is 24.8. The second-order valence-corrected chi connectivity index (χ2v) is 32.8. The van der Waals surface area contributed by atoms with Crippen molar-refractivity contribution >= 4 is 115 Å². The van der Waals surface area contributed by atoms with E-state index in [0.29, 0.717) is 174 Å². The fraction of sp³-hybridized carbons (Fsp3) is 0.582. The topological polar surface area (TPSA) is 479 Å². The van der Waals surface area contributed by atoms with Crippen LogP contribution in [0.2, 0.25) is 0 Å². The molecule has 4 amide bonds. The second-order valence-electron chi connectivity index (χ2n) is 29.6. The number of hydrogen-bond donors (Lipinski definition) is 8. The SMILES string of the molecule is C#CCCCC(=O)CCCCOCCOCCOCCCCC(=O)CCC(=O)NCCOCCOCCOS(=O)(=O)c1cccc(C(=O)CCCCCC(=O)CCC(=O)Nc2cccc(B(O)O)c2)c1.C#CCCCC(=O)CCCCOCCOCCOCCCCC(=O)CCC(=O)NCCOCCOCCOS(=O)(=O)c1cccc(C(=O)Nc2cccc(B(O)O)c2)c1. The van der Waals surface area contributed by atoms with Crippen LogP contribution in [0.15, 0.2) is 107 Å². The zero-order valence-electron chi connectivity index (χ0n) is 74.2. The molecule has 714 valence electrons. The van der Waals surface area contributed by atoms with Gasteiger partial charge in [0, 0.05) is 165 Å². The summed E-state index contributed by atoms with van der Waals surface area (Å²) in [5.74, 6) is 3.80. The number of ketones is 6. The van der Waals surface area contributed by atoms with Crippen LogP contribution >= 0.6 is 0 Å². The van der Waals surface area contributed by atoms with Crippen LogP contribution in [-0.2, 0) is 114 Å². The molecule has 0 aliphatic carbocycles. The molecule has 0 fully saturated rings. The maximum atomic E-state index is 12.8. The lowest BCUT2D eigenvalue weighted by Gasteiger charge is -2.10. The van der Waals surface area contributed by atoms with Gasteiger partial charge in [-0.05, 0) is 143 Å². The van der Waals surface area contributed by atoms with Gasteiger partial charge in [-0.25, -0.2) is 0 Å². The number of Topliss-reactive ketones (excluding diaryl/α,β-unsaturated/α-hetero) is 6. The van der Waals surface area contributed by atoms with Crippen LogP contribution in [0.5, 0.6) is 0 Å². The van der Waals surface area contributed by atoms with Crippen molar-refractivity contribution in [2.45, 2.75) is 196 Å². The first-order chi connectivity index (χ1) is 62.3. The highest BCUT2D eigenvalue weighted by atomic mass is 32.2. The Morgan fingerprint density at radius 1 is 0.302 bits per heavy atom. The highest BCUT2D eigenvalue weighted by Crippen LogP contribution is 2.20. The summed E-state index contributed by atoms with van der Waals surface area (Å²) in [6, 6.07) is 22.9. The predicted molar refractivity (Wildman–Crippen MR) is 483 cm³/mol. The van der Waals surface area contributed by atoms with Gasteiger partial charge in [0.1, 0.15) is 28.9 Å². The van der Waals surface area contributed by atoms with Gasteiger partial charge in [0.2, 0.25) is 17.7 Å². The summed E-state index contributed by atoms with van der Waals surface area (Å²) in [4.78, 5) is 121. The van der Waals surface area contributed by atoms with Crippen molar-refractivity contribution in [1.82, 2.24) is 10.6 Å². The fourth-order valence-electron chi connectivity index (χ4n) is 11.8. The van der Waals surface area contributed by atoms with Crippen molar-refractivity contribution in [3.05, 3.63) is 108 Å². The Morgan fingerprint density at radius 3 is 0.984 bits per heavy atom. The molecule has 4 aromatic rings. The maximum Gasteiger partial charge on any atom is 0.488 e. The molecule has 0 saturated carbocycles. The standard InChI is InChI=1S/C50H73BN2O16S.C41H59BN2O14S/c1-2-3-5-17-44(54)19-8-10-28-64-31-34-67-35-32-65-29-11-9-20-46(56)23-25-49(58)52-27-30-66-33-36-68-37-38-69-70(62,63)47-21-12-14-41(39-47)48(57)22-7-4-6-18-45(55)24-26-50(59)53-43-16-13-15-42(40-43)51(60)61;1-2-3-4-14-37(45)15-5-7-21-53-24-27-56-28-25-54-22-8-6-16-38(46)18-19-40(47)43-20-23-55-26-29-57-30-31-58-59(51,52)39-17-9-11-34(32-39)41(48)44-36-13-10-12-35(33-36)42(49)50/h1,12-16,21,39-40,60-61H,3-11,17-20,22-38H2,(H,52,58)(H,53,59);1,9-13,17,32-33,49-50H,3-8,14-16,18-31H2,(H,43,47)(H,44,48). The Kier molecular flexibility index (Phi) is 65.6. The largest absolute Gasteiger partial charge is 0.488 e. The molecule has 0 heterocycles. The first kappa shape index (κ1) is 114. The van der Waals surface area contributed by atoms with Gasteiger partial charge in [-0.15, -0.1) is 24.7 Å². The van der Waals surface area contributed by atoms with E-state index in [-0.39, 0.29) is 215 Å². The number of carbonyl (C=O) groups excluding carboxylic acids is 10. The van der Waals surface area contributed by atoms with Crippen LogP contribution in [0.25, 0.3) is 0 Å². The lowest BCUT2D eigenvalue weighted by molar-refractivity contribution is -0.125. The summed E-state index contributed by atoms with van der Waals surface area (Å²) in [7, 11) is -11.7. The number of carbonyl (C=O) groups is 10. The molecule has 38 heteroatoms. The molecule has 0 aliphatic heterocycles. The fourth-order valence-corrected chi connectivity index (χ4v) is 13.6. The number of hydrogen-bond acceptors (Lipinski definition) is 30. The number of unbranched alkanes of at least 4 members (excludes halogenated alkanes) is 8. The Bertz CT molecular complexity index is 4220. The number of rotatable bonds is 81. The molecule has 0 atom stereocenters. The normalized spacial score (nSPS) is 11.2. The van der Waals surface area contributed by atoms with E-state index < -0.39 is 40.4 Å². The summed E-state index contributed by atoms with van der Waals surface area (Å²) < 4.78 is 116. The predicted octanol–water partition coefficient (Wildman–Crippen LogP) is 7.04. The van der Waals surface area contributed by atoms with Gasteiger partial charge in [0.15, 0.2) is 5.78 Å². The van der Waals surface area contributed by atoms with Crippen LogP contribution in [0, 0.1) is 24.7 Å². The Hall–Kier alpha value is -8.71. The van der Waals surface area contributed by atoms with E-state index in [9.17, 15) is 84.9 Å². The van der Waals surface area contributed by atoms with Crippen molar-refractivity contribution in [2.24, 2.45) is 0 Å². The second kappa shape index (κ2) is 73.9. The van der Waals surface area contributed by atoms with E-state index in [1.807, 2.05) is 0 Å². The minimum absolute atomic E-state index is 0.0116. The van der Waals surface area contributed by atoms with Gasteiger partial charge in [0.05, 0.1) is 129 Å². The molecule has 129 heavy (non-hydrogen) atoms. The molecule has 34 nitrogen and oxygen atoms in total. The summed E-state index contributed by atoms with van der Waals surface area (Å²) in [5.41, 5.74) is 1.37. The zero-order valence-corrected chi connectivity index (χ0v) is 75.9. The molecule has 4 rings (SSSR count). The molecule has 0 radical (unpaired) electrons. The number of anilines is 2. The number of nitrogens with one attached hydrogen (secondary N) is 4. The van der Waals surface area contributed by atoms with Crippen molar-refractivity contribution in [2.75, 3.05) is 169 Å². The lowest BCUT2D eigenvalue weighted by atomic mass is 9.80. The molecular weight excluding hydrogens is 1710 g/mol. The molecule has 0 bridgehead atoms. The van der Waals surface area contributed by atoms with Crippen molar-refractivity contribution < 1.29 is 141 Å². The number of ether oxygens (including phenoxy) is 10. The van der Waals surface area contributed by atoms with Crippen molar-refractivity contribution in [1.29, 1.82) is 0 Å². The van der Waals surface area contributed by atoms with Gasteiger partial charge in [-0.2, -0.15) is 16.8 Å². The molecule has 4 aromatic carbocycles. The average molecular weight is 1850 g/mol. The molecule has 0 saturated heterocycles. The molecule has 0 aliphatic rings.